The van der Waals surface area contributed by atoms with Crippen LogP contribution in [0.15, 0.2) is 51.7 Å². The summed E-state index contributed by atoms with van der Waals surface area (Å²) >= 11 is 0. The Labute approximate surface area is 258 Å². The summed E-state index contributed by atoms with van der Waals surface area (Å²) in [6, 6.07) is 10.4. The Bertz CT molecular complexity index is 1730. The summed E-state index contributed by atoms with van der Waals surface area (Å²) in [5, 5.41) is 17.4. The average Bonchev–Trinajstić information content (AvgIpc) is 2.95. The lowest BCUT2D eigenvalue weighted by Gasteiger charge is -2.37. The number of phenols is 1. The van der Waals surface area contributed by atoms with Crippen molar-refractivity contribution >= 4 is 46.1 Å². The number of phenolic OH excluding ortho intramolecular Hbond substituents is 1. The van der Waals surface area contributed by atoms with Crippen LogP contribution in [0.2, 0.25) is 0 Å². The fraction of sp³-hybridized carbons (Fsp3) is 0.367. The van der Waals surface area contributed by atoms with Crippen molar-refractivity contribution in [3.63, 3.8) is 0 Å². The molecule has 0 spiro atoms. The van der Waals surface area contributed by atoms with E-state index in [0.717, 1.165) is 10.9 Å². The molecule has 15 heteroatoms. The molecule has 0 unspecified atom stereocenters. The number of carbonyl (C=O) groups excluding carboxylic acids is 1. The maximum absolute atomic E-state index is 13.1. The highest BCUT2D eigenvalue weighted by molar-refractivity contribution is 6.07. The number of piperidine rings is 2. The number of nitrogens with zero attached hydrogens (tertiary/aromatic N) is 5. The Morgan fingerprint density at radius 2 is 1.42 bits per heavy atom. The van der Waals surface area contributed by atoms with Crippen molar-refractivity contribution in [3.8, 4) is 5.75 Å². The Morgan fingerprint density at radius 3 is 2.00 bits per heavy atom. The van der Waals surface area contributed by atoms with Crippen LogP contribution in [0.4, 0.5) is 29.2 Å². The number of aryl methyl sites for hydroxylation is 1. The molecule has 2 aliphatic rings. The lowest BCUT2D eigenvalue weighted by molar-refractivity contribution is 0.102. The number of carbonyl (C=O) groups is 1. The standard InChI is InChI=1S/C30H37N11O4/c1-15-6-26(43)45-25-10-21(2-4-22(15)25)35-27(44)23-5-3-20(9-24(23)42)36-28-37-29(40-11-16(31)7-17(32)12-40)39-30(38-28)41-13-18(33)8-19(34)14-41/h2-6,9-10,16-19,42H,7-8,11-14,31-34H2,1H3,(H,35,44)(H,36,37,38,39)/t16-,17+,18-,19+. The zero-order valence-corrected chi connectivity index (χ0v) is 24.8. The van der Waals surface area contributed by atoms with Gasteiger partial charge in [-0.05, 0) is 49.6 Å². The van der Waals surface area contributed by atoms with Gasteiger partial charge >= 0.3 is 5.63 Å². The van der Waals surface area contributed by atoms with Crippen LogP contribution in [0.3, 0.4) is 0 Å². The average molecular weight is 616 g/mol. The SMILES string of the molecule is Cc1cc(=O)oc2cc(NC(=O)c3ccc(Nc4nc(N5C[C@H](N)C[C@H](N)C5)nc(N5C[C@H](N)C[C@H](N)C5)n4)cc3O)ccc12. The van der Waals surface area contributed by atoms with Crippen molar-refractivity contribution in [2.75, 3.05) is 46.6 Å². The number of fused-ring (bicyclic) bond motifs is 1. The van der Waals surface area contributed by atoms with Gasteiger partial charge in [0.2, 0.25) is 17.8 Å². The second kappa shape index (κ2) is 12.3. The number of nitrogens with two attached hydrogens (primary N) is 4. The molecule has 0 bridgehead atoms. The van der Waals surface area contributed by atoms with Crippen LogP contribution in [0, 0.1) is 6.92 Å². The van der Waals surface area contributed by atoms with E-state index in [4.69, 9.17) is 32.3 Å². The van der Waals surface area contributed by atoms with Crippen molar-refractivity contribution in [2.24, 2.45) is 22.9 Å². The second-order valence-corrected chi connectivity index (χ2v) is 11.9. The van der Waals surface area contributed by atoms with Crippen molar-refractivity contribution in [3.05, 3.63) is 64.0 Å². The molecule has 15 nitrogen and oxygen atoms in total. The fourth-order valence-corrected chi connectivity index (χ4v) is 5.91. The molecule has 2 aliphatic heterocycles. The molecule has 0 aliphatic carbocycles. The number of hydrogen-bond acceptors (Lipinski definition) is 14. The van der Waals surface area contributed by atoms with Gasteiger partial charge in [-0.15, -0.1) is 0 Å². The molecule has 236 valence electrons. The van der Waals surface area contributed by atoms with E-state index in [1.165, 1.54) is 18.2 Å². The van der Waals surface area contributed by atoms with E-state index in [-0.39, 0.29) is 41.4 Å². The van der Waals surface area contributed by atoms with Gasteiger partial charge in [-0.1, -0.05) is 0 Å². The van der Waals surface area contributed by atoms with Gasteiger partial charge in [0.05, 0.1) is 5.56 Å². The number of anilines is 5. The van der Waals surface area contributed by atoms with Gasteiger partial charge in [-0.3, -0.25) is 4.79 Å². The van der Waals surface area contributed by atoms with Crippen LogP contribution < -0.4 is 49.0 Å². The Kier molecular flexibility index (Phi) is 8.24. The summed E-state index contributed by atoms with van der Waals surface area (Å²) < 4.78 is 5.27. The summed E-state index contributed by atoms with van der Waals surface area (Å²) in [6.07, 6.45) is 1.40. The van der Waals surface area contributed by atoms with Gasteiger partial charge in [0.15, 0.2) is 0 Å². The Hall–Kier alpha value is -4.83. The lowest BCUT2D eigenvalue weighted by atomic mass is 10.0. The summed E-state index contributed by atoms with van der Waals surface area (Å²) in [6.45, 7) is 3.93. The zero-order valence-electron chi connectivity index (χ0n) is 24.8. The molecule has 4 aromatic rings. The number of nitrogens with one attached hydrogen (secondary N) is 2. The van der Waals surface area contributed by atoms with Crippen molar-refractivity contribution < 1.29 is 14.3 Å². The Morgan fingerprint density at radius 1 is 0.844 bits per heavy atom. The molecular weight excluding hydrogens is 578 g/mol. The molecule has 45 heavy (non-hydrogen) atoms. The van der Waals surface area contributed by atoms with Crippen molar-refractivity contribution in [2.45, 2.75) is 43.9 Å². The van der Waals surface area contributed by atoms with E-state index in [2.05, 4.69) is 20.6 Å². The number of rotatable bonds is 6. The normalized spacial score (nSPS) is 22.0. The third kappa shape index (κ3) is 6.81. The zero-order chi connectivity index (χ0) is 31.8. The van der Waals surface area contributed by atoms with Gasteiger partial charge in [0.1, 0.15) is 11.3 Å². The molecule has 4 atom stereocenters. The smallest absolute Gasteiger partial charge is 0.336 e. The highest BCUT2D eigenvalue weighted by Crippen LogP contribution is 2.28. The molecule has 4 heterocycles. The number of benzene rings is 2. The quantitative estimate of drug-likeness (QED) is 0.148. The highest BCUT2D eigenvalue weighted by atomic mass is 16.4. The molecule has 2 fully saturated rings. The van der Waals surface area contributed by atoms with E-state index < -0.39 is 11.5 Å². The first-order valence-electron chi connectivity index (χ1n) is 14.7. The monoisotopic (exact) mass is 615 g/mol. The molecule has 1 amide bonds. The van der Waals surface area contributed by atoms with Crippen molar-refractivity contribution in [1.82, 2.24) is 15.0 Å². The minimum atomic E-state index is -0.548. The summed E-state index contributed by atoms with van der Waals surface area (Å²) in [5.41, 5.74) is 26.5. The molecule has 2 aromatic heterocycles. The van der Waals surface area contributed by atoms with Crippen LogP contribution in [-0.4, -0.2) is 76.3 Å². The first-order chi connectivity index (χ1) is 21.5. The summed E-state index contributed by atoms with van der Waals surface area (Å²) in [5.74, 6) is 0.217. The predicted molar refractivity (Wildman–Crippen MR) is 172 cm³/mol. The van der Waals surface area contributed by atoms with E-state index in [9.17, 15) is 14.7 Å². The predicted octanol–water partition coefficient (Wildman–Crippen LogP) is 0.717. The highest BCUT2D eigenvalue weighted by Gasteiger charge is 2.29. The van der Waals surface area contributed by atoms with E-state index in [1.54, 1.807) is 31.2 Å². The van der Waals surface area contributed by atoms with Gasteiger partial charge in [0.25, 0.3) is 5.91 Å². The largest absolute Gasteiger partial charge is 0.507 e. The summed E-state index contributed by atoms with van der Waals surface area (Å²) in [4.78, 5) is 42.7. The number of amides is 1. The van der Waals surface area contributed by atoms with Gasteiger partial charge < -0.3 is 52.9 Å². The van der Waals surface area contributed by atoms with Crippen LogP contribution in [-0.2, 0) is 0 Å². The molecule has 0 saturated carbocycles. The van der Waals surface area contributed by atoms with Crippen LogP contribution >= 0.6 is 0 Å². The third-order valence-electron chi connectivity index (χ3n) is 7.92. The number of aromatic hydroxyl groups is 1. The van der Waals surface area contributed by atoms with E-state index in [0.29, 0.717) is 67.9 Å². The van der Waals surface area contributed by atoms with Crippen LogP contribution in [0.25, 0.3) is 11.0 Å². The molecule has 0 radical (unpaired) electrons. The number of hydrogen-bond donors (Lipinski definition) is 7. The lowest BCUT2D eigenvalue weighted by Crippen LogP contribution is -2.54. The first-order valence-corrected chi connectivity index (χ1v) is 14.7. The number of aromatic nitrogens is 3. The van der Waals surface area contributed by atoms with Crippen LogP contribution in [0.1, 0.15) is 28.8 Å². The minimum absolute atomic E-state index is 0.0379. The minimum Gasteiger partial charge on any atom is -0.507 e. The first kappa shape index (κ1) is 30.2. The molecule has 2 aromatic carbocycles. The third-order valence-corrected chi connectivity index (χ3v) is 7.92. The second-order valence-electron chi connectivity index (χ2n) is 11.9. The van der Waals surface area contributed by atoms with Crippen molar-refractivity contribution in [1.29, 1.82) is 0 Å². The maximum Gasteiger partial charge on any atom is 0.336 e. The van der Waals surface area contributed by atoms with E-state index in [1.807, 2.05) is 9.80 Å². The topological polar surface area (TPSA) is 241 Å². The Balaban J connectivity index is 1.24. The molecule has 6 rings (SSSR count). The van der Waals surface area contributed by atoms with E-state index >= 15 is 0 Å². The van der Waals surface area contributed by atoms with Gasteiger partial charge in [-0.2, -0.15) is 15.0 Å². The van der Waals surface area contributed by atoms with Gasteiger partial charge in [-0.25, -0.2) is 4.79 Å². The molecular formula is C30H37N11O4. The van der Waals surface area contributed by atoms with Crippen LogP contribution in [0.5, 0.6) is 5.75 Å². The maximum atomic E-state index is 13.1. The fourth-order valence-electron chi connectivity index (χ4n) is 5.91. The molecule has 11 N–H and O–H groups in total. The summed E-state index contributed by atoms with van der Waals surface area (Å²) in [7, 11) is 0. The molecule has 2 saturated heterocycles. The van der Waals surface area contributed by atoms with Gasteiger partial charge in [0, 0.05) is 85.3 Å².